The third-order valence-corrected chi connectivity index (χ3v) is 11.7. The van der Waals surface area contributed by atoms with E-state index >= 15 is 0 Å². The normalized spacial score (nSPS) is 15.8. The summed E-state index contributed by atoms with van der Waals surface area (Å²) in [7, 11) is -3.88. The fourth-order valence-electron chi connectivity index (χ4n) is 6.79. The number of amides is 1. The molecule has 2 aliphatic rings. The van der Waals surface area contributed by atoms with Gasteiger partial charge in [0.1, 0.15) is 22.4 Å². The summed E-state index contributed by atoms with van der Waals surface area (Å²) < 4.78 is 59.5. The van der Waals surface area contributed by atoms with Crippen molar-refractivity contribution < 1.29 is 36.2 Å². The Morgan fingerprint density at radius 1 is 0.860 bits per heavy atom. The highest BCUT2D eigenvalue weighted by Crippen LogP contribution is 2.30. The van der Waals surface area contributed by atoms with Gasteiger partial charge in [-0.15, -0.1) is 0 Å². The van der Waals surface area contributed by atoms with Crippen LogP contribution >= 0.6 is 0 Å². The van der Waals surface area contributed by atoms with Gasteiger partial charge in [0, 0.05) is 50.0 Å². The van der Waals surface area contributed by atoms with Gasteiger partial charge in [0.15, 0.2) is 0 Å². The number of aromatic amines is 2. The third-order valence-electron chi connectivity index (χ3n) is 9.60. The molecular weight excluding hydrogens is 789 g/mol. The van der Waals surface area contributed by atoms with Crippen LogP contribution in [0.2, 0.25) is 0 Å². The molecule has 24 heteroatoms. The zero-order valence-corrected chi connectivity index (χ0v) is 33.9. The van der Waals surface area contributed by atoms with Gasteiger partial charge in [0.05, 0.1) is 32.2 Å². The molecule has 4 aromatic rings. The van der Waals surface area contributed by atoms with Crippen LogP contribution in [0, 0.1) is 11.8 Å². The number of hydrogen-bond donors (Lipinski definition) is 7. The fraction of sp³-hybridized carbons (Fsp3) is 0.545. The van der Waals surface area contributed by atoms with Crippen LogP contribution in [0.25, 0.3) is 21.5 Å². The number of methoxy groups -OCH3 is 2. The van der Waals surface area contributed by atoms with Gasteiger partial charge in [0.25, 0.3) is 11.1 Å². The maximum Gasteiger partial charge on any atom is 0.422 e. The van der Waals surface area contributed by atoms with Crippen molar-refractivity contribution in [2.45, 2.75) is 52.0 Å². The lowest BCUT2D eigenvalue weighted by atomic mass is 9.97. The molecule has 312 valence electrons. The summed E-state index contributed by atoms with van der Waals surface area (Å²) in [6.45, 7) is 8.10. The van der Waals surface area contributed by atoms with Crippen LogP contribution in [0.15, 0.2) is 34.1 Å². The Hall–Kier alpha value is -5.17. The summed E-state index contributed by atoms with van der Waals surface area (Å²) in [5.41, 5.74) is 0.902. The van der Waals surface area contributed by atoms with Crippen molar-refractivity contribution in [3.63, 3.8) is 0 Å². The van der Waals surface area contributed by atoms with E-state index < -0.39 is 32.7 Å². The van der Waals surface area contributed by atoms with Crippen molar-refractivity contribution in [3.8, 4) is 11.8 Å². The van der Waals surface area contributed by atoms with Gasteiger partial charge in [-0.2, -0.15) is 42.4 Å². The predicted molar refractivity (Wildman–Crippen MR) is 211 cm³/mol. The van der Waals surface area contributed by atoms with E-state index in [0.29, 0.717) is 70.1 Å². The Balaban J connectivity index is 0.000000224. The lowest BCUT2D eigenvalue weighted by molar-refractivity contribution is 0.145. The van der Waals surface area contributed by atoms with Gasteiger partial charge in [0.2, 0.25) is 22.7 Å². The molecule has 1 amide bonds. The van der Waals surface area contributed by atoms with E-state index in [1.54, 1.807) is 12.3 Å². The number of carboxylic acid groups (broad SMARTS) is 1. The van der Waals surface area contributed by atoms with Gasteiger partial charge in [-0.25, -0.2) is 28.8 Å². The van der Waals surface area contributed by atoms with Crippen molar-refractivity contribution in [1.29, 1.82) is 0 Å². The van der Waals surface area contributed by atoms with Crippen LogP contribution < -0.4 is 45.4 Å². The van der Waals surface area contributed by atoms with E-state index in [9.17, 15) is 36.3 Å². The molecule has 6 N–H and O–H groups in total. The quantitative estimate of drug-likeness (QED) is 0.0747. The number of rotatable bonds is 12. The Bertz CT molecular complexity index is 2340. The van der Waals surface area contributed by atoms with E-state index in [4.69, 9.17) is 9.47 Å². The smallest absolute Gasteiger partial charge is 0.422 e. The first-order valence-electron chi connectivity index (χ1n) is 18.0. The average molecular weight is 837 g/mol. The first kappa shape index (κ1) is 43.0. The van der Waals surface area contributed by atoms with Crippen molar-refractivity contribution in [2.24, 2.45) is 11.8 Å². The summed E-state index contributed by atoms with van der Waals surface area (Å²) in [6.07, 6.45) is 4.76. The fourth-order valence-corrected chi connectivity index (χ4v) is 8.51. The zero-order chi connectivity index (χ0) is 41.5. The number of piperidine rings is 2. The van der Waals surface area contributed by atoms with Crippen molar-refractivity contribution in [2.75, 3.05) is 63.3 Å². The molecule has 0 aromatic carbocycles. The second-order valence-corrected chi connectivity index (χ2v) is 16.8. The molecule has 0 aliphatic carbocycles. The second kappa shape index (κ2) is 18.4. The van der Waals surface area contributed by atoms with Crippen LogP contribution in [-0.2, 0) is 21.1 Å². The number of pyridine rings is 2. The topological polar surface area (TPSA) is 287 Å². The Morgan fingerprint density at radius 2 is 1.30 bits per heavy atom. The lowest BCUT2D eigenvalue weighted by Gasteiger charge is -2.35. The number of anilines is 2. The van der Waals surface area contributed by atoms with Crippen molar-refractivity contribution in [1.82, 2.24) is 49.6 Å². The molecule has 22 nitrogen and oxygen atoms in total. The molecule has 0 radical (unpaired) electrons. The Kier molecular flexibility index (Phi) is 13.9. The molecule has 2 fully saturated rings. The molecule has 0 bridgehead atoms. The summed E-state index contributed by atoms with van der Waals surface area (Å²) >= 11 is 0. The van der Waals surface area contributed by atoms with Crippen molar-refractivity contribution >= 4 is 60.4 Å². The van der Waals surface area contributed by atoms with E-state index in [1.807, 2.05) is 11.0 Å². The van der Waals surface area contributed by atoms with Crippen molar-refractivity contribution in [3.05, 3.63) is 45.2 Å². The van der Waals surface area contributed by atoms with E-state index in [-0.39, 0.29) is 35.3 Å². The minimum atomic E-state index is -4.18. The van der Waals surface area contributed by atoms with Gasteiger partial charge < -0.3 is 24.4 Å². The number of thiol groups is 1. The predicted octanol–water partition coefficient (Wildman–Crippen LogP) is 0.320. The zero-order valence-electron chi connectivity index (χ0n) is 32.1. The lowest BCUT2D eigenvalue weighted by Crippen LogP contribution is -2.54. The summed E-state index contributed by atoms with van der Waals surface area (Å²) in [4.78, 5) is 50.7. The maximum atomic E-state index is 12.5. The number of fused-ring (bicyclic) bond motifs is 2. The van der Waals surface area contributed by atoms with Gasteiger partial charge in [-0.3, -0.25) is 9.59 Å². The van der Waals surface area contributed by atoms with E-state index in [2.05, 4.69) is 50.2 Å². The van der Waals surface area contributed by atoms with Gasteiger partial charge in [-0.1, -0.05) is 0 Å². The molecule has 0 saturated carbocycles. The number of ether oxygens (including phenoxy) is 2. The molecule has 0 unspecified atom stereocenters. The average Bonchev–Trinajstić information content (AvgIpc) is 3.16. The van der Waals surface area contributed by atoms with Gasteiger partial charge >= 0.3 is 16.3 Å². The third kappa shape index (κ3) is 10.6. The Morgan fingerprint density at radius 3 is 1.68 bits per heavy atom. The van der Waals surface area contributed by atoms with Crippen LogP contribution in [0.4, 0.5) is 16.4 Å². The molecule has 57 heavy (non-hydrogen) atoms. The first-order chi connectivity index (χ1) is 27.0. The molecule has 6 rings (SSSR count). The summed E-state index contributed by atoms with van der Waals surface area (Å²) in [6, 6.07) is 3.61. The number of hydrazine groups is 1. The molecule has 0 atom stereocenters. The van der Waals surface area contributed by atoms with Crippen LogP contribution in [0.3, 0.4) is 0 Å². The van der Waals surface area contributed by atoms with Gasteiger partial charge in [-0.05, 0) is 70.4 Å². The number of nitrogens with zero attached hydrogens (tertiary/aromatic N) is 7. The number of aromatic nitrogens is 6. The van der Waals surface area contributed by atoms with E-state index in [1.165, 1.54) is 41.2 Å². The van der Waals surface area contributed by atoms with Crippen LogP contribution in [0.1, 0.15) is 46.5 Å². The number of carbonyl (C=O) groups is 1. The molecule has 6 heterocycles. The minimum absolute atomic E-state index is 0.0449. The number of hydrogen-bond acceptors (Lipinski definition) is 16. The molecule has 2 saturated heterocycles. The van der Waals surface area contributed by atoms with Crippen LogP contribution in [-0.4, -0.2) is 122 Å². The van der Waals surface area contributed by atoms with Crippen LogP contribution in [0.5, 0.6) is 11.8 Å². The number of H-pyrrole nitrogens is 2. The standard InChI is InChI=1S/C19H28N6O6S.C14H20N6O4S/c1-19(2,3)25(18(27)28)32(29,30)21-10-12-5-7-24(8-6-12)14-9-13-11-20-23-16(26)15(13)17(22-14)31-4;1-24-14-12-10(8-15-18-13(12)21)6-11(17-14)20-4-2-9(3-5-20)7-16-19-25(22)23/h9,11-12,21H,5-8,10H2,1-4H3,(H,23,26)(H,27,28);6,8-9,16,25H,2-5,7H2,1H3,(H,18,21)(H,19,22,23). The highest BCUT2D eigenvalue weighted by atomic mass is 32.2. The van der Waals surface area contributed by atoms with E-state index in [0.717, 1.165) is 31.7 Å². The SMILES string of the molecule is COc1nc(N2CCC(CNN[SH](=O)=O)CC2)cc2cn[nH]c(=O)c12.COc1nc(N2CCC(CNS(=O)(=O)N(C(=O)O)C(C)(C)C)CC2)cc2cn[nH]c(=O)c12. The first-order valence-corrected chi connectivity index (χ1v) is 20.6. The monoisotopic (exact) mass is 836 g/mol. The molecule has 2 aliphatic heterocycles. The molecule has 4 aromatic heterocycles. The number of nitrogens with one attached hydrogen (secondary N) is 5. The minimum Gasteiger partial charge on any atom is -0.480 e. The largest absolute Gasteiger partial charge is 0.480 e. The molecule has 0 spiro atoms. The second-order valence-electron chi connectivity index (χ2n) is 14.5. The maximum absolute atomic E-state index is 12.5. The summed E-state index contributed by atoms with van der Waals surface area (Å²) in [5.74, 6) is 2.30. The highest BCUT2D eigenvalue weighted by molar-refractivity contribution is 7.87. The Labute approximate surface area is 329 Å². The highest BCUT2D eigenvalue weighted by Gasteiger charge is 2.37. The summed E-state index contributed by atoms with van der Waals surface area (Å²) in [5, 5.41) is 23.8. The molecular formula is C33H48N12O10S2.